The first-order valence-corrected chi connectivity index (χ1v) is 9.36. The third-order valence-electron chi connectivity index (χ3n) is 4.83. The zero-order valence-electron chi connectivity index (χ0n) is 13.2. The maximum Gasteiger partial charge on any atom is 0.279 e. The van der Waals surface area contributed by atoms with Crippen LogP contribution in [-0.4, -0.2) is 59.2 Å². The Kier molecular flexibility index (Phi) is 6.02. The number of methoxy groups -OCH3 is 1. The Morgan fingerprint density at radius 3 is 2.48 bits per heavy atom. The van der Waals surface area contributed by atoms with E-state index in [2.05, 4.69) is 17.0 Å². The molecule has 7 heteroatoms. The van der Waals surface area contributed by atoms with Crippen molar-refractivity contribution in [3.05, 3.63) is 0 Å². The van der Waals surface area contributed by atoms with Crippen LogP contribution in [0.25, 0.3) is 0 Å². The monoisotopic (exact) mass is 319 g/mol. The molecule has 124 valence electrons. The van der Waals surface area contributed by atoms with Crippen LogP contribution in [0.5, 0.6) is 0 Å². The Bertz CT molecular complexity index is 408. The fraction of sp³-hybridized carbons (Fsp3) is 1.00. The van der Waals surface area contributed by atoms with Crippen molar-refractivity contribution in [1.82, 2.24) is 14.3 Å². The van der Waals surface area contributed by atoms with Gasteiger partial charge in [-0.1, -0.05) is 6.92 Å². The molecule has 0 aromatic rings. The molecule has 0 bridgehead atoms. The summed E-state index contributed by atoms with van der Waals surface area (Å²) in [5, 5.41) is 3.32. The summed E-state index contributed by atoms with van der Waals surface area (Å²) < 4.78 is 34.6. The van der Waals surface area contributed by atoms with Crippen LogP contribution < -0.4 is 10.0 Å². The summed E-state index contributed by atoms with van der Waals surface area (Å²) in [7, 11) is -1.67. The van der Waals surface area contributed by atoms with Crippen LogP contribution in [0.3, 0.4) is 0 Å². The number of piperidine rings is 2. The van der Waals surface area contributed by atoms with E-state index >= 15 is 0 Å². The van der Waals surface area contributed by atoms with Gasteiger partial charge in [-0.05, 0) is 44.7 Å². The van der Waals surface area contributed by atoms with Gasteiger partial charge in [-0.2, -0.15) is 12.7 Å². The van der Waals surface area contributed by atoms with Gasteiger partial charge in [0.2, 0.25) is 0 Å². The molecule has 21 heavy (non-hydrogen) atoms. The van der Waals surface area contributed by atoms with Gasteiger partial charge < -0.3 is 10.1 Å². The van der Waals surface area contributed by atoms with Gasteiger partial charge in [0.15, 0.2) is 0 Å². The van der Waals surface area contributed by atoms with Gasteiger partial charge in [-0.25, -0.2) is 4.72 Å². The van der Waals surface area contributed by atoms with Crippen LogP contribution in [0, 0.1) is 11.3 Å². The predicted octanol–water partition coefficient (Wildman–Crippen LogP) is 0.569. The van der Waals surface area contributed by atoms with Crippen LogP contribution >= 0.6 is 0 Å². The number of hydrogen-bond acceptors (Lipinski definition) is 4. The molecule has 0 aromatic carbocycles. The van der Waals surface area contributed by atoms with E-state index in [1.165, 1.54) is 0 Å². The van der Waals surface area contributed by atoms with E-state index in [1.54, 1.807) is 11.4 Å². The largest absolute Gasteiger partial charge is 0.384 e. The molecule has 2 rings (SSSR count). The number of rotatable bonds is 6. The summed E-state index contributed by atoms with van der Waals surface area (Å²) in [6, 6.07) is 0. The summed E-state index contributed by atoms with van der Waals surface area (Å²) >= 11 is 0. The van der Waals surface area contributed by atoms with Crippen molar-refractivity contribution in [2.24, 2.45) is 11.3 Å². The van der Waals surface area contributed by atoms with Gasteiger partial charge in [-0.3, -0.25) is 0 Å². The minimum atomic E-state index is -3.36. The molecule has 0 atom stereocenters. The molecule has 0 spiro atoms. The molecule has 0 aliphatic carbocycles. The van der Waals surface area contributed by atoms with Crippen molar-refractivity contribution < 1.29 is 13.2 Å². The SMILES string of the molecule is COCC1(CNS(=O)(=O)N2CCC(C)CC2)CCNCC1. The summed E-state index contributed by atoms with van der Waals surface area (Å²) in [5.74, 6) is 0.626. The van der Waals surface area contributed by atoms with Gasteiger partial charge >= 0.3 is 0 Å². The Hall–Kier alpha value is -0.210. The fourth-order valence-corrected chi connectivity index (χ4v) is 4.56. The van der Waals surface area contributed by atoms with Gasteiger partial charge in [0.05, 0.1) is 6.61 Å². The van der Waals surface area contributed by atoms with Crippen molar-refractivity contribution >= 4 is 10.2 Å². The molecule has 2 N–H and O–H groups in total. The summed E-state index contributed by atoms with van der Waals surface area (Å²) in [5.41, 5.74) is -0.0733. The second-order valence-electron chi connectivity index (χ2n) is 6.59. The van der Waals surface area contributed by atoms with Gasteiger partial charge in [0, 0.05) is 32.2 Å². The third kappa shape index (κ3) is 4.63. The Balaban J connectivity index is 1.92. The van der Waals surface area contributed by atoms with Gasteiger partial charge in [0.1, 0.15) is 0 Å². The van der Waals surface area contributed by atoms with E-state index < -0.39 is 10.2 Å². The zero-order valence-corrected chi connectivity index (χ0v) is 14.0. The molecule has 6 nitrogen and oxygen atoms in total. The highest BCUT2D eigenvalue weighted by atomic mass is 32.2. The van der Waals surface area contributed by atoms with Crippen LogP contribution in [0.4, 0.5) is 0 Å². The number of hydrogen-bond donors (Lipinski definition) is 2. The normalized spacial score (nSPS) is 25.0. The van der Waals surface area contributed by atoms with Crippen LogP contribution in [0.15, 0.2) is 0 Å². The third-order valence-corrected chi connectivity index (χ3v) is 6.38. The molecule has 0 radical (unpaired) electrons. The quantitative estimate of drug-likeness (QED) is 0.751. The van der Waals surface area contributed by atoms with Gasteiger partial charge in [-0.15, -0.1) is 0 Å². The fourth-order valence-electron chi connectivity index (χ4n) is 3.20. The van der Waals surface area contributed by atoms with E-state index in [9.17, 15) is 8.42 Å². The van der Waals surface area contributed by atoms with Crippen molar-refractivity contribution in [3.8, 4) is 0 Å². The summed E-state index contributed by atoms with van der Waals surface area (Å²) in [4.78, 5) is 0. The maximum absolute atomic E-state index is 12.4. The Labute approximate surface area is 128 Å². The average molecular weight is 319 g/mol. The molecule has 2 fully saturated rings. The summed E-state index contributed by atoms with van der Waals surface area (Å²) in [6.45, 7) is 6.37. The van der Waals surface area contributed by atoms with Crippen LogP contribution in [0.2, 0.25) is 0 Å². The number of ether oxygens (including phenoxy) is 1. The minimum Gasteiger partial charge on any atom is -0.384 e. The van der Waals surface area contributed by atoms with Crippen molar-refractivity contribution in [3.63, 3.8) is 0 Å². The second kappa shape index (κ2) is 7.37. The topological polar surface area (TPSA) is 70.7 Å². The molecule has 0 saturated carbocycles. The van der Waals surface area contributed by atoms with Crippen LogP contribution in [0.1, 0.15) is 32.6 Å². The molecule has 2 saturated heterocycles. The molecular formula is C14H29N3O3S. The van der Waals surface area contributed by atoms with Crippen LogP contribution in [-0.2, 0) is 14.9 Å². The van der Waals surface area contributed by atoms with Gasteiger partial charge in [0.25, 0.3) is 10.2 Å². The minimum absolute atomic E-state index is 0.0733. The standard InChI is InChI=1S/C14H29N3O3S/c1-13-3-9-17(10-4-13)21(18,19)16-11-14(12-20-2)5-7-15-8-6-14/h13,15-16H,3-12H2,1-2H3. The lowest BCUT2D eigenvalue weighted by molar-refractivity contribution is 0.0573. The average Bonchev–Trinajstić information content (AvgIpc) is 2.47. The van der Waals surface area contributed by atoms with Crippen molar-refractivity contribution in [2.45, 2.75) is 32.6 Å². The first-order valence-electron chi connectivity index (χ1n) is 7.92. The van der Waals surface area contributed by atoms with E-state index in [1.807, 2.05) is 0 Å². The molecule has 0 aromatic heterocycles. The first-order chi connectivity index (χ1) is 9.97. The Morgan fingerprint density at radius 1 is 1.29 bits per heavy atom. The predicted molar refractivity (Wildman–Crippen MR) is 83.3 cm³/mol. The van der Waals surface area contributed by atoms with E-state index in [0.717, 1.165) is 38.8 Å². The Morgan fingerprint density at radius 2 is 1.90 bits per heavy atom. The number of nitrogens with one attached hydrogen (secondary N) is 2. The lowest BCUT2D eigenvalue weighted by atomic mass is 9.80. The highest BCUT2D eigenvalue weighted by Crippen LogP contribution is 2.29. The zero-order chi connectivity index (χ0) is 15.3. The molecular weight excluding hydrogens is 290 g/mol. The smallest absolute Gasteiger partial charge is 0.279 e. The van der Waals surface area contributed by atoms with Crippen molar-refractivity contribution in [2.75, 3.05) is 46.4 Å². The van der Waals surface area contributed by atoms with Crippen molar-refractivity contribution in [1.29, 1.82) is 0 Å². The highest BCUT2D eigenvalue weighted by molar-refractivity contribution is 7.87. The lowest BCUT2D eigenvalue weighted by Gasteiger charge is -2.38. The molecule has 0 unspecified atom stereocenters. The lowest BCUT2D eigenvalue weighted by Crippen LogP contribution is -2.51. The molecule has 2 heterocycles. The summed E-state index contributed by atoms with van der Waals surface area (Å²) in [6.07, 6.45) is 3.79. The highest BCUT2D eigenvalue weighted by Gasteiger charge is 2.35. The second-order valence-corrected chi connectivity index (χ2v) is 8.35. The van der Waals surface area contributed by atoms with E-state index in [4.69, 9.17) is 4.74 Å². The molecule has 2 aliphatic rings. The first kappa shape index (κ1) is 17.1. The maximum atomic E-state index is 12.4. The molecule has 0 amide bonds. The molecule has 2 aliphatic heterocycles. The number of nitrogens with zero attached hydrogens (tertiary/aromatic N) is 1. The van der Waals surface area contributed by atoms with E-state index in [0.29, 0.717) is 32.2 Å². The van der Waals surface area contributed by atoms with E-state index in [-0.39, 0.29) is 5.41 Å².